The molecule has 1 aromatic carbocycles. The SMILES string of the molecule is CNC(Cc1cc(C)cc(C)c1)c1ccoc1Br. The number of benzene rings is 1. The average molecular weight is 308 g/mol. The molecule has 0 aliphatic rings. The van der Waals surface area contributed by atoms with E-state index in [9.17, 15) is 0 Å². The third-order valence-electron chi connectivity index (χ3n) is 3.09. The van der Waals surface area contributed by atoms with E-state index in [1.54, 1.807) is 6.26 Å². The Morgan fingerprint density at radius 1 is 1.22 bits per heavy atom. The maximum Gasteiger partial charge on any atom is 0.173 e. The number of furan rings is 1. The third kappa shape index (κ3) is 3.03. The highest BCUT2D eigenvalue weighted by Crippen LogP contribution is 2.27. The van der Waals surface area contributed by atoms with Crippen molar-refractivity contribution in [1.29, 1.82) is 0 Å². The fraction of sp³-hybridized carbons (Fsp3) is 0.333. The van der Waals surface area contributed by atoms with Crippen LogP contribution in [0, 0.1) is 13.8 Å². The van der Waals surface area contributed by atoms with Gasteiger partial charge in [0, 0.05) is 11.6 Å². The lowest BCUT2D eigenvalue weighted by molar-refractivity contribution is 0.518. The van der Waals surface area contributed by atoms with E-state index in [-0.39, 0.29) is 6.04 Å². The molecule has 2 rings (SSSR count). The first-order valence-corrected chi connectivity index (χ1v) is 6.87. The molecule has 1 heterocycles. The highest BCUT2D eigenvalue weighted by Gasteiger charge is 2.15. The summed E-state index contributed by atoms with van der Waals surface area (Å²) in [7, 11) is 1.98. The van der Waals surface area contributed by atoms with Gasteiger partial charge in [-0.1, -0.05) is 29.3 Å². The summed E-state index contributed by atoms with van der Waals surface area (Å²) in [6, 6.07) is 8.95. The van der Waals surface area contributed by atoms with Crippen LogP contribution in [0.5, 0.6) is 0 Å². The summed E-state index contributed by atoms with van der Waals surface area (Å²) in [5.41, 5.74) is 5.13. The molecule has 0 radical (unpaired) electrons. The van der Waals surface area contributed by atoms with Gasteiger partial charge in [0.2, 0.25) is 0 Å². The maximum atomic E-state index is 5.31. The van der Waals surface area contributed by atoms with Crippen LogP contribution in [-0.2, 0) is 6.42 Å². The minimum Gasteiger partial charge on any atom is -0.457 e. The second-order valence-electron chi connectivity index (χ2n) is 4.69. The van der Waals surface area contributed by atoms with E-state index in [1.807, 2.05) is 13.1 Å². The number of hydrogen-bond donors (Lipinski definition) is 1. The molecule has 1 atom stereocenters. The normalized spacial score (nSPS) is 12.7. The molecule has 2 aromatic rings. The second kappa shape index (κ2) is 5.72. The Morgan fingerprint density at radius 3 is 2.39 bits per heavy atom. The smallest absolute Gasteiger partial charge is 0.173 e. The average Bonchev–Trinajstić information content (AvgIpc) is 2.71. The number of likely N-dealkylation sites (N-methyl/N-ethyl adjacent to an activating group) is 1. The Balaban J connectivity index is 2.23. The fourth-order valence-electron chi connectivity index (χ4n) is 2.34. The molecule has 0 aliphatic heterocycles. The van der Waals surface area contributed by atoms with Gasteiger partial charge in [-0.25, -0.2) is 0 Å². The molecule has 0 aliphatic carbocycles. The van der Waals surface area contributed by atoms with Crippen molar-refractivity contribution < 1.29 is 4.42 Å². The Bertz CT molecular complexity index is 513. The van der Waals surface area contributed by atoms with Gasteiger partial charge in [-0.05, 0) is 54.9 Å². The number of hydrogen-bond acceptors (Lipinski definition) is 2. The summed E-state index contributed by atoms with van der Waals surface area (Å²) in [5, 5.41) is 3.34. The molecule has 3 heteroatoms. The van der Waals surface area contributed by atoms with Crippen molar-refractivity contribution in [3.63, 3.8) is 0 Å². The van der Waals surface area contributed by atoms with Crippen molar-refractivity contribution in [2.75, 3.05) is 7.05 Å². The van der Waals surface area contributed by atoms with E-state index in [1.165, 1.54) is 16.7 Å². The van der Waals surface area contributed by atoms with Crippen molar-refractivity contribution in [2.45, 2.75) is 26.3 Å². The molecule has 96 valence electrons. The first kappa shape index (κ1) is 13.4. The van der Waals surface area contributed by atoms with Crippen molar-refractivity contribution in [3.8, 4) is 0 Å². The van der Waals surface area contributed by atoms with Gasteiger partial charge in [-0.2, -0.15) is 0 Å². The van der Waals surface area contributed by atoms with Gasteiger partial charge >= 0.3 is 0 Å². The molecule has 0 bridgehead atoms. The molecule has 0 amide bonds. The van der Waals surface area contributed by atoms with Crippen LogP contribution in [-0.4, -0.2) is 7.05 Å². The molecule has 18 heavy (non-hydrogen) atoms. The zero-order chi connectivity index (χ0) is 13.1. The van der Waals surface area contributed by atoms with Gasteiger partial charge in [0.15, 0.2) is 4.67 Å². The number of aryl methyl sites for hydroxylation is 2. The van der Waals surface area contributed by atoms with Gasteiger partial charge < -0.3 is 9.73 Å². The Hall–Kier alpha value is -1.06. The summed E-state index contributed by atoms with van der Waals surface area (Å²) in [6.45, 7) is 4.28. The Morgan fingerprint density at radius 2 is 1.89 bits per heavy atom. The molecule has 0 fully saturated rings. The molecular weight excluding hydrogens is 290 g/mol. The van der Waals surface area contributed by atoms with E-state index in [2.05, 4.69) is 53.3 Å². The fourth-order valence-corrected chi connectivity index (χ4v) is 2.86. The number of rotatable bonds is 4. The van der Waals surface area contributed by atoms with Crippen LogP contribution in [0.1, 0.15) is 28.3 Å². The van der Waals surface area contributed by atoms with E-state index in [0.717, 1.165) is 16.7 Å². The highest BCUT2D eigenvalue weighted by atomic mass is 79.9. The lowest BCUT2D eigenvalue weighted by Gasteiger charge is -2.16. The Kier molecular flexibility index (Phi) is 4.25. The van der Waals surface area contributed by atoms with E-state index >= 15 is 0 Å². The van der Waals surface area contributed by atoms with E-state index < -0.39 is 0 Å². The zero-order valence-corrected chi connectivity index (χ0v) is 12.5. The second-order valence-corrected chi connectivity index (χ2v) is 5.41. The van der Waals surface area contributed by atoms with Gasteiger partial charge in [-0.15, -0.1) is 0 Å². The quantitative estimate of drug-likeness (QED) is 0.917. The topological polar surface area (TPSA) is 25.2 Å². The largest absolute Gasteiger partial charge is 0.457 e. The molecule has 1 unspecified atom stereocenters. The maximum absolute atomic E-state index is 5.31. The molecule has 2 nitrogen and oxygen atoms in total. The van der Waals surface area contributed by atoms with Gasteiger partial charge in [0.25, 0.3) is 0 Å². The number of nitrogens with one attached hydrogen (secondary N) is 1. The molecular formula is C15H18BrNO. The van der Waals surface area contributed by atoms with Crippen LogP contribution < -0.4 is 5.32 Å². The molecule has 1 aromatic heterocycles. The number of halogens is 1. The van der Waals surface area contributed by atoms with Crippen LogP contribution >= 0.6 is 15.9 Å². The van der Waals surface area contributed by atoms with Gasteiger partial charge in [0.05, 0.1) is 6.26 Å². The van der Waals surface area contributed by atoms with Gasteiger partial charge in [0.1, 0.15) is 0 Å². The summed E-state index contributed by atoms with van der Waals surface area (Å²) in [6.07, 6.45) is 2.67. The predicted octanol–water partition coefficient (Wildman–Crippen LogP) is 4.16. The zero-order valence-electron chi connectivity index (χ0n) is 11.0. The van der Waals surface area contributed by atoms with Crippen LogP contribution in [0.15, 0.2) is 39.6 Å². The monoisotopic (exact) mass is 307 g/mol. The minimum absolute atomic E-state index is 0.263. The van der Waals surface area contributed by atoms with E-state index in [0.29, 0.717) is 0 Å². The summed E-state index contributed by atoms with van der Waals surface area (Å²) < 4.78 is 6.12. The summed E-state index contributed by atoms with van der Waals surface area (Å²) in [4.78, 5) is 0. The van der Waals surface area contributed by atoms with Gasteiger partial charge in [-0.3, -0.25) is 0 Å². The molecule has 0 saturated carbocycles. The third-order valence-corrected chi connectivity index (χ3v) is 3.74. The lowest BCUT2D eigenvalue weighted by Crippen LogP contribution is -2.18. The van der Waals surface area contributed by atoms with Crippen molar-refractivity contribution in [3.05, 3.63) is 57.5 Å². The standard InChI is InChI=1S/C15H18BrNO/c1-10-6-11(2)8-12(7-10)9-14(17-3)13-4-5-18-15(13)16/h4-8,14,17H,9H2,1-3H3. The molecule has 0 spiro atoms. The van der Waals surface area contributed by atoms with Crippen molar-refractivity contribution in [1.82, 2.24) is 5.32 Å². The Labute approximate surface area is 117 Å². The van der Waals surface area contributed by atoms with Crippen molar-refractivity contribution >= 4 is 15.9 Å². The summed E-state index contributed by atoms with van der Waals surface area (Å²) >= 11 is 3.44. The lowest BCUT2D eigenvalue weighted by atomic mass is 9.98. The summed E-state index contributed by atoms with van der Waals surface area (Å²) in [5.74, 6) is 0. The highest BCUT2D eigenvalue weighted by molar-refractivity contribution is 9.10. The molecule has 1 N–H and O–H groups in total. The van der Waals surface area contributed by atoms with E-state index in [4.69, 9.17) is 4.42 Å². The molecule has 0 saturated heterocycles. The minimum atomic E-state index is 0.263. The van der Waals surface area contributed by atoms with Crippen molar-refractivity contribution in [2.24, 2.45) is 0 Å². The van der Waals surface area contributed by atoms with Crippen LogP contribution in [0.2, 0.25) is 0 Å². The van der Waals surface area contributed by atoms with Crippen LogP contribution in [0.3, 0.4) is 0 Å². The predicted molar refractivity (Wildman–Crippen MR) is 77.8 cm³/mol. The first-order chi connectivity index (χ1) is 8.60. The first-order valence-electron chi connectivity index (χ1n) is 6.07. The van der Waals surface area contributed by atoms with Crippen LogP contribution in [0.25, 0.3) is 0 Å². The van der Waals surface area contributed by atoms with Crippen LogP contribution in [0.4, 0.5) is 0 Å².